The van der Waals surface area contributed by atoms with Gasteiger partial charge < -0.3 is 19.4 Å². The molecule has 2 saturated heterocycles. The van der Waals surface area contributed by atoms with Gasteiger partial charge in [0.2, 0.25) is 5.95 Å². The van der Waals surface area contributed by atoms with Crippen molar-refractivity contribution in [2.45, 2.75) is 77.9 Å². The topological polar surface area (TPSA) is 80.2 Å². The third kappa shape index (κ3) is 7.39. The highest BCUT2D eigenvalue weighted by molar-refractivity contribution is 5.86. The van der Waals surface area contributed by atoms with E-state index in [1.165, 1.54) is 6.07 Å². The highest BCUT2D eigenvalue weighted by atomic mass is 19.1. The normalized spacial score (nSPS) is 16.9. The smallest absolute Gasteiger partial charge is 0.310 e. The molecule has 1 aromatic carbocycles. The van der Waals surface area contributed by atoms with Gasteiger partial charge >= 0.3 is 5.97 Å². The van der Waals surface area contributed by atoms with Crippen LogP contribution in [0.15, 0.2) is 29.7 Å². The molecule has 4 rings (SSSR count). The highest BCUT2D eigenvalue weighted by Gasteiger charge is 2.25. The van der Waals surface area contributed by atoms with Gasteiger partial charge in [-0.25, -0.2) is 18.7 Å². The van der Waals surface area contributed by atoms with Crippen molar-refractivity contribution in [1.82, 2.24) is 9.97 Å². The number of rotatable bonds is 7. The summed E-state index contributed by atoms with van der Waals surface area (Å²) in [5, 5.41) is 4.39. The summed E-state index contributed by atoms with van der Waals surface area (Å²) in [4.78, 5) is 30.8. The molecule has 0 atom stereocenters. The van der Waals surface area contributed by atoms with Crippen LogP contribution in [0.2, 0.25) is 0 Å². The van der Waals surface area contributed by atoms with Crippen molar-refractivity contribution in [2.24, 2.45) is 5.16 Å². The van der Waals surface area contributed by atoms with Crippen LogP contribution in [-0.2, 0) is 27.2 Å². The summed E-state index contributed by atoms with van der Waals surface area (Å²) in [6.45, 7) is 9.91. The molecule has 206 valence electrons. The second-order valence-corrected chi connectivity index (χ2v) is 10.8. The quantitative estimate of drug-likeness (QED) is 0.375. The molecule has 0 N–H and O–H groups in total. The van der Waals surface area contributed by atoms with E-state index in [1.807, 2.05) is 12.4 Å². The molecule has 0 unspecified atom stereocenters. The SMILES string of the molecule is CCc1cnc(N2CCC(ON=C3CCN(c4cc(F)c(CC(=O)OC(C)(C)C)cc4F)CC3)CC2)nc1. The Hall–Kier alpha value is -3.30. The summed E-state index contributed by atoms with van der Waals surface area (Å²) in [5.74, 6) is -1.01. The third-order valence-electron chi connectivity index (χ3n) is 6.71. The van der Waals surface area contributed by atoms with E-state index < -0.39 is 23.2 Å². The maximum atomic E-state index is 14.9. The second kappa shape index (κ2) is 12.0. The van der Waals surface area contributed by atoms with Crippen molar-refractivity contribution in [3.63, 3.8) is 0 Å². The molecule has 0 saturated carbocycles. The van der Waals surface area contributed by atoms with Crippen molar-refractivity contribution >= 4 is 23.3 Å². The lowest BCUT2D eigenvalue weighted by Crippen LogP contribution is -2.38. The number of nitrogens with zero attached hydrogens (tertiary/aromatic N) is 5. The van der Waals surface area contributed by atoms with Crippen LogP contribution in [0.3, 0.4) is 0 Å². The lowest BCUT2D eigenvalue weighted by atomic mass is 10.1. The lowest BCUT2D eigenvalue weighted by Gasteiger charge is -2.32. The maximum absolute atomic E-state index is 14.9. The fraction of sp³-hybridized carbons (Fsp3) is 0.571. The van der Waals surface area contributed by atoms with Crippen LogP contribution in [0.25, 0.3) is 0 Å². The standard InChI is InChI=1S/C28H37F2N5O3/c1-5-19-17-31-27(32-18-19)35-12-8-22(9-13-35)38-33-21-6-10-34(11-7-21)25-16-23(29)20(14-24(25)30)15-26(36)37-28(2,3)4/h14,16-18,22H,5-13,15H2,1-4H3. The second-order valence-electron chi connectivity index (χ2n) is 10.8. The summed E-state index contributed by atoms with van der Waals surface area (Å²) >= 11 is 0. The van der Waals surface area contributed by atoms with Gasteiger partial charge in [-0.1, -0.05) is 12.1 Å². The van der Waals surface area contributed by atoms with Gasteiger partial charge in [0.1, 0.15) is 23.3 Å². The first-order valence-corrected chi connectivity index (χ1v) is 13.3. The number of aryl methyl sites for hydroxylation is 1. The molecule has 2 aliphatic heterocycles. The number of hydrogen-bond acceptors (Lipinski definition) is 8. The Kier molecular flexibility index (Phi) is 8.79. The first kappa shape index (κ1) is 27.7. The van der Waals surface area contributed by atoms with Gasteiger partial charge in [-0.3, -0.25) is 4.79 Å². The van der Waals surface area contributed by atoms with Crippen molar-refractivity contribution in [3.05, 3.63) is 47.3 Å². The maximum Gasteiger partial charge on any atom is 0.310 e. The number of ether oxygens (including phenoxy) is 1. The zero-order chi connectivity index (χ0) is 27.3. The van der Waals surface area contributed by atoms with E-state index in [1.54, 1.807) is 25.7 Å². The third-order valence-corrected chi connectivity index (χ3v) is 6.71. The summed E-state index contributed by atoms with van der Waals surface area (Å²) in [6.07, 6.45) is 7.28. The molecule has 2 aliphatic rings. The van der Waals surface area contributed by atoms with Crippen LogP contribution >= 0.6 is 0 Å². The Morgan fingerprint density at radius 1 is 1.03 bits per heavy atom. The van der Waals surface area contributed by atoms with Crippen LogP contribution in [0.1, 0.15) is 64.5 Å². The predicted octanol–water partition coefficient (Wildman–Crippen LogP) is 4.84. The van der Waals surface area contributed by atoms with E-state index in [0.29, 0.717) is 25.9 Å². The number of anilines is 2. The molecule has 0 aliphatic carbocycles. The zero-order valence-corrected chi connectivity index (χ0v) is 22.7. The van der Waals surface area contributed by atoms with Gasteiger partial charge in [-0.15, -0.1) is 0 Å². The molecule has 1 aromatic heterocycles. The van der Waals surface area contributed by atoms with Gasteiger partial charge in [-0.2, -0.15) is 0 Å². The van der Waals surface area contributed by atoms with Crippen molar-refractivity contribution in [1.29, 1.82) is 0 Å². The van der Waals surface area contributed by atoms with Crippen LogP contribution in [-0.4, -0.2) is 59.5 Å². The Balaban J connectivity index is 1.25. The number of esters is 1. The van der Waals surface area contributed by atoms with E-state index in [2.05, 4.69) is 26.9 Å². The van der Waals surface area contributed by atoms with Gasteiger partial charge in [0.25, 0.3) is 0 Å². The van der Waals surface area contributed by atoms with E-state index in [4.69, 9.17) is 9.57 Å². The summed E-state index contributed by atoms with van der Waals surface area (Å²) in [6, 6.07) is 2.26. The van der Waals surface area contributed by atoms with Gasteiger partial charge in [0.15, 0.2) is 0 Å². The number of halogens is 2. The van der Waals surface area contributed by atoms with Crippen LogP contribution < -0.4 is 9.80 Å². The Labute approximate surface area is 223 Å². The fourth-order valence-electron chi connectivity index (χ4n) is 4.59. The number of oxime groups is 1. The van der Waals surface area contributed by atoms with Crippen molar-refractivity contribution in [2.75, 3.05) is 36.0 Å². The number of carbonyl (C=O) groups excluding carboxylic acids is 1. The van der Waals surface area contributed by atoms with E-state index in [-0.39, 0.29) is 23.8 Å². The van der Waals surface area contributed by atoms with Gasteiger partial charge in [-0.05, 0) is 38.8 Å². The van der Waals surface area contributed by atoms with Crippen LogP contribution in [0, 0.1) is 11.6 Å². The summed E-state index contributed by atoms with van der Waals surface area (Å²) in [7, 11) is 0. The molecule has 0 spiro atoms. The van der Waals surface area contributed by atoms with Crippen LogP contribution in [0.5, 0.6) is 0 Å². The average molecular weight is 530 g/mol. The van der Waals surface area contributed by atoms with E-state index in [0.717, 1.165) is 55.6 Å². The summed E-state index contributed by atoms with van der Waals surface area (Å²) < 4.78 is 34.8. The van der Waals surface area contributed by atoms with Crippen molar-refractivity contribution in [3.8, 4) is 0 Å². The highest BCUT2D eigenvalue weighted by Crippen LogP contribution is 2.27. The fourth-order valence-corrected chi connectivity index (χ4v) is 4.59. The first-order chi connectivity index (χ1) is 18.1. The largest absolute Gasteiger partial charge is 0.460 e. The Morgan fingerprint density at radius 2 is 1.68 bits per heavy atom. The molecule has 0 bridgehead atoms. The van der Waals surface area contributed by atoms with E-state index >= 15 is 0 Å². The molecule has 8 nitrogen and oxygen atoms in total. The molecule has 2 fully saturated rings. The molecule has 3 heterocycles. The predicted molar refractivity (Wildman–Crippen MR) is 143 cm³/mol. The number of aromatic nitrogens is 2. The van der Waals surface area contributed by atoms with Crippen LogP contribution in [0.4, 0.5) is 20.4 Å². The number of hydrogen-bond donors (Lipinski definition) is 0. The minimum atomic E-state index is -0.684. The zero-order valence-electron chi connectivity index (χ0n) is 22.7. The molecular formula is C28H37F2N5O3. The number of benzene rings is 1. The lowest BCUT2D eigenvalue weighted by molar-refractivity contribution is -0.153. The minimum absolute atomic E-state index is 0.0104. The van der Waals surface area contributed by atoms with Gasteiger partial charge in [0.05, 0.1) is 17.8 Å². The molecule has 38 heavy (non-hydrogen) atoms. The molecule has 0 radical (unpaired) electrons. The Morgan fingerprint density at radius 3 is 2.29 bits per heavy atom. The van der Waals surface area contributed by atoms with E-state index in [9.17, 15) is 13.6 Å². The minimum Gasteiger partial charge on any atom is -0.460 e. The Bertz CT molecular complexity index is 1130. The molecule has 10 heteroatoms. The van der Waals surface area contributed by atoms with Gasteiger partial charge in [0, 0.05) is 75.9 Å². The first-order valence-electron chi connectivity index (χ1n) is 13.3. The molecule has 0 amide bonds. The number of piperidine rings is 2. The number of carbonyl (C=O) groups is 1. The molecular weight excluding hydrogens is 492 g/mol. The monoisotopic (exact) mass is 529 g/mol. The average Bonchev–Trinajstić information content (AvgIpc) is 2.89. The summed E-state index contributed by atoms with van der Waals surface area (Å²) in [5.41, 5.74) is 1.54. The molecule has 2 aromatic rings. The van der Waals surface area contributed by atoms with Crippen molar-refractivity contribution < 1.29 is 23.1 Å².